The summed E-state index contributed by atoms with van der Waals surface area (Å²) in [7, 11) is 0. The van der Waals surface area contributed by atoms with E-state index in [9.17, 15) is 14.9 Å². The highest BCUT2D eigenvalue weighted by atomic mass is 32.1. The van der Waals surface area contributed by atoms with Gasteiger partial charge in [0, 0.05) is 18.8 Å². The van der Waals surface area contributed by atoms with Crippen LogP contribution in [0.3, 0.4) is 0 Å². The first kappa shape index (κ1) is 13.8. The predicted molar refractivity (Wildman–Crippen MR) is 69.7 cm³/mol. The molecule has 0 spiro atoms. The number of hydrogen-bond donors (Lipinski definition) is 1. The molecule has 0 saturated heterocycles. The average molecular weight is 256 g/mol. The molecule has 0 radical (unpaired) electrons. The lowest BCUT2D eigenvalue weighted by molar-refractivity contribution is -0.386. The van der Waals surface area contributed by atoms with E-state index in [2.05, 4.69) is 12.6 Å². The van der Waals surface area contributed by atoms with Gasteiger partial charge in [-0.05, 0) is 18.6 Å². The monoisotopic (exact) mass is 256 g/mol. The van der Waals surface area contributed by atoms with Gasteiger partial charge in [0.05, 0.1) is 11.1 Å². The molecule has 1 rings (SSSR count). The smallest absolute Gasteiger partial charge is 0.332 e. The maximum Gasteiger partial charge on any atom is 0.332 e. The van der Waals surface area contributed by atoms with Crippen molar-refractivity contribution >= 4 is 18.3 Å². The Hall–Kier alpha value is -1.30. The molecule has 0 aromatic carbocycles. The molecule has 0 unspecified atom stereocenters. The third kappa shape index (κ3) is 4.60. The Bertz CT molecular complexity index is 431. The van der Waals surface area contributed by atoms with Crippen molar-refractivity contribution in [3.8, 4) is 0 Å². The van der Waals surface area contributed by atoms with Crippen LogP contribution in [0.25, 0.3) is 0 Å². The lowest BCUT2D eigenvalue weighted by Gasteiger charge is -2.05. The van der Waals surface area contributed by atoms with Gasteiger partial charge in [-0.3, -0.25) is 14.9 Å². The Morgan fingerprint density at radius 2 is 2.00 bits per heavy atom. The van der Waals surface area contributed by atoms with Gasteiger partial charge in [-0.2, -0.15) is 12.6 Å². The quantitative estimate of drug-likeness (QED) is 0.352. The highest BCUT2D eigenvalue weighted by Crippen LogP contribution is 2.06. The summed E-state index contributed by atoms with van der Waals surface area (Å²) < 4.78 is 1.69. The van der Waals surface area contributed by atoms with E-state index in [1.54, 1.807) is 10.8 Å². The lowest BCUT2D eigenvalue weighted by atomic mass is 10.2. The number of nitro groups is 1. The molecule has 0 N–H and O–H groups in total. The first-order chi connectivity index (χ1) is 8.15. The first-order valence-corrected chi connectivity index (χ1v) is 6.23. The van der Waals surface area contributed by atoms with Gasteiger partial charge in [0.25, 0.3) is 5.43 Å². The number of hydrogen-bond acceptors (Lipinski definition) is 4. The van der Waals surface area contributed by atoms with E-state index in [1.165, 1.54) is 12.3 Å². The van der Waals surface area contributed by atoms with E-state index in [-0.39, 0.29) is 5.69 Å². The third-order valence-corrected chi connectivity index (χ3v) is 2.80. The molecule has 0 fully saturated rings. The van der Waals surface area contributed by atoms with Crippen molar-refractivity contribution < 1.29 is 4.92 Å². The van der Waals surface area contributed by atoms with Crippen LogP contribution in [-0.4, -0.2) is 15.2 Å². The molecule has 0 saturated carbocycles. The molecular weight excluding hydrogens is 240 g/mol. The van der Waals surface area contributed by atoms with Gasteiger partial charge in [-0.25, -0.2) is 0 Å². The molecule has 0 aliphatic carbocycles. The molecule has 0 atom stereocenters. The van der Waals surface area contributed by atoms with Crippen LogP contribution in [-0.2, 0) is 6.54 Å². The molecule has 1 aromatic heterocycles. The Morgan fingerprint density at radius 1 is 1.29 bits per heavy atom. The van der Waals surface area contributed by atoms with Gasteiger partial charge in [0.15, 0.2) is 0 Å². The van der Waals surface area contributed by atoms with Crippen LogP contribution in [0, 0.1) is 10.1 Å². The van der Waals surface area contributed by atoms with E-state index >= 15 is 0 Å². The average Bonchev–Trinajstić information content (AvgIpc) is 2.30. The van der Waals surface area contributed by atoms with Crippen molar-refractivity contribution in [2.24, 2.45) is 0 Å². The Labute approximate surface area is 105 Å². The van der Waals surface area contributed by atoms with Gasteiger partial charge in [0.1, 0.15) is 0 Å². The topological polar surface area (TPSA) is 65.1 Å². The van der Waals surface area contributed by atoms with Gasteiger partial charge < -0.3 is 4.57 Å². The summed E-state index contributed by atoms with van der Waals surface area (Å²) >= 11 is 4.12. The van der Waals surface area contributed by atoms with E-state index in [0.29, 0.717) is 6.54 Å². The van der Waals surface area contributed by atoms with Crippen LogP contribution in [0.15, 0.2) is 23.3 Å². The summed E-state index contributed by atoms with van der Waals surface area (Å²) in [5.74, 6) is 0.892. The SMILES string of the molecule is O=c1ccn(CCCCCCS)cc1[N+](=O)[O-]. The van der Waals surface area contributed by atoms with Crippen molar-refractivity contribution in [3.05, 3.63) is 38.8 Å². The molecule has 0 bridgehead atoms. The zero-order valence-electron chi connectivity index (χ0n) is 9.54. The van der Waals surface area contributed by atoms with Crippen molar-refractivity contribution in [2.45, 2.75) is 32.2 Å². The van der Waals surface area contributed by atoms with E-state index in [0.717, 1.165) is 31.4 Å². The summed E-state index contributed by atoms with van der Waals surface area (Å²) in [5.41, 5.74) is -0.899. The van der Waals surface area contributed by atoms with Crippen LogP contribution < -0.4 is 5.43 Å². The first-order valence-electron chi connectivity index (χ1n) is 5.60. The summed E-state index contributed by atoms with van der Waals surface area (Å²) in [6, 6.07) is 1.24. The van der Waals surface area contributed by atoms with Crippen molar-refractivity contribution in [1.82, 2.24) is 4.57 Å². The van der Waals surface area contributed by atoms with Crippen LogP contribution >= 0.6 is 12.6 Å². The van der Waals surface area contributed by atoms with Crippen LogP contribution in [0.1, 0.15) is 25.7 Å². The molecule has 0 aliphatic heterocycles. The van der Waals surface area contributed by atoms with Crippen LogP contribution in [0.5, 0.6) is 0 Å². The second kappa shape index (κ2) is 7.11. The van der Waals surface area contributed by atoms with Crippen molar-refractivity contribution in [2.75, 3.05) is 5.75 Å². The minimum absolute atomic E-state index is 0.358. The van der Waals surface area contributed by atoms with Crippen LogP contribution in [0.4, 0.5) is 5.69 Å². The fourth-order valence-corrected chi connectivity index (χ4v) is 1.77. The Morgan fingerprint density at radius 3 is 2.65 bits per heavy atom. The highest BCUT2D eigenvalue weighted by Gasteiger charge is 2.10. The number of nitrogens with zero attached hydrogens (tertiary/aromatic N) is 2. The Balaban J connectivity index is 2.52. The van der Waals surface area contributed by atoms with Gasteiger partial charge in [-0.15, -0.1) is 0 Å². The molecule has 0 amide bonds. The molecule has 6 heteroatoms. The van der Waals surface area contributed by atoms with E-state index in [4.69, 9.17) is 0 Å². The number of unbranched alkanes of at least 4 members (excludes halogenated alkanes) is 3. The fraction of sp³-hybridized carbons (Fsp3) is 0.545. The van der Waals surface area contributed by atoms with Crippen molar-refractivity contribution in [1.29, 1.82) is 0 Å². The van der Waals surface area contributed by atoms with Crippen LogP contribution in [0.2, 0.25) is 0 Å². The molecule has 17 heavy (non-hydrogen) atoms. The summed E-state index contributed by atoms with van der Waals surface area (Å²) in [4.78, 5) is 21.1. The number of aromatic nitrogens is 1. The molecular formula is C11H16N2O3S. The van der Waals surface area contributed by atoms with Gasteiger partial charge >= 0.3 is 5.69 Å². The number of thiol groups is 1. The maximum absolute atomic E-state index is 11.2. The normalized spacial score (nSPS) is 10.4. The van der Waals surface area contributed by atoms with Gasteiger partial charge in [-0.1, -0.05) is 12.8 Å². The number of pyridine rings is 1. The number of rotatable bonds is 7. The zero-order valence-corrected chi connectivity index (χ0v) is 10.4. The summed E-state index contributed by atoms with van der Waals surface area (Å²) in [6.45, 7) is 0.702. The largest absolute Gasteiger partial charge is 0.348 e. The third-order valence-electron chi connectivity index (χ3n) is 2.48. The molecule has 5 nitrogen and oxygen atoms in total. The zero-order chi connectivity index (χ0) is 12.7. The molecule has 1 heterocycles. The van der Waals surface area contributed by atoms with Crippen molar-refractivity contribution in [3.63, 3.8) is 0 Å². The second-order valence-electron chi connectivity index (χ2n) is 3.83. The summed E-state index contributed by atoms with van der Waals surface area (Å²) in [5, 5.41) is 10.6. The minimum Gasteiger partial charge on any atom is -0.348 e. The van der Waals surface area contributed by atoms with E-state index < -0.39 is 10.4 Å². The second-order valence-corrected chi connectivity index (χ2v) is 4.27. The maximum atomic E-state index is 11.2. The standard InChI is InChI=1S/C11H16N2O3S/c14-11-5-7-12(9-10(11)13(15)16)6-3-1-2-4-8-17/h5,7,9,17H,1-4,6,8H2. The van der Waals surface area contributed by atoms with E-state index in [1.807, 2.05) is 0 Å². The fourth-order valence-electron chi connectivity index (χ4n) is 1.55. The molecule has 0 aliphatic rings. The highest BCUT2D eigenvalue weighted by molar-refractivity contribution is 7.80. The molecule has 1 aromatic rings. The summed E-state index contributed by atoms with van der Waals surface area (Å²) in [6.07, 6.45) is 7.13. The Kier molecular flexibility index (Phi) is 5.76. The molecule has 94 valence electrons. The van der Waals surface area contributed by atoms with Gasteiger partial charge in [0.2, 0.25) is 0 Å². The predicted octanol–water partition coefficient (Wildman–Crippen LogP) is 2.25. The number of aryl methyl sites for hydroxylation is 1. The minimum atomic E-state index is -0.639. The lowest BCUT2D eigenvalue weighted by Crippen LogP contribution is -2.11.